The Kier molecular flexibility index (Phi) is 10.3. The van der Waals surface area contributed by atoms with Gasteiger partial charge >= 0.3 is 11.9 Å². The summed E-state index contributed by atoms with van der Waals surface area (Å²) in [7, 11) is 0. The Bertz CT molecular complexity index is 2200. The molecule has 52 heavy (non-hydrogen) atoms. The number of phenols is 2. The van der Waals surface area contributed by atoms with Crippen LogP contribution in [0.2, 0.25) is 0 Å². The summed E-state index contributed by atoms with van der Waals surface area (Å²) in [6, 6.07) is 30.8. The molecule has 5 aromatic carbocycles. The van der Waals surface area contributed by atoms with Gasteiger partial charge in [-0.15, -0.1) is 11.3 Å². The number of hydrogen-bond donors (Lipinski definition) is 2. The van der Waals surface area contributed by atoms with E-state index in [1.807, 2.05) is 12.1 Å². The van der Waals surface area contributed by atoms with Gasteiger partial charge in [-0.2, -0.15) is 0 Å². The van der Waals surface area contributed by atoms with Gasteiger partial charge in [0.2, 0.25) is 0 Å². The number of carbonyl (C=O) groups excluding carboxylic acids is 3. The van der Waals surface area contributed by atoms with Crippen molar-refractivity contribution in [2.24, 2.45) is 0 Å². The quantitative estimate of drug-likeness (QED) is 0.0773. The van der Waals surface area contributed by atoms with Gasteiger partial charge in [-0.05, 0) is 147 Å². The van der Waals surface area contributed by atoms with Gasteiger partial charge in [0, 0.05) is 32.6 Å². The number of ketones is 1. The molecule has 0 spiro atoms. The minimum absolute atomic E-state index is 0.0415. The van der Waals surface area contributed by atoms with E-state index in [9.17, 15) is 24.6 Å². The summed E-state index contributed by atoms with van der Waals surface area (Å²) in [5.41, 5.74) is 2.29. The van der Waals surface area contributed by atoms with Crippen LogP contribution < -0.4 is 14.2 Å². The zero-order chi connectivity index (χ0) is 36.0. The highest BCUT2D eigenvalue weighted by atomic mass is 32.1. The summed E-state index contributed by atoms with van der Waals surface area (Å²) in [6.07, 6.45) is 3.73. The molecule has 1 aromatic heterocycles. The summed E-state index contributed by atoms with van der Waals surface area (Å²) in [5.74, 6) is 0.0701. The zero-order valence-corrected chi connectivity index (χ0v) is 28.9. The van der Waals surface area contributed by atoms with Crippen molar-refractivity contribution < 1.29 is 38.8 Å². The monoisotopic (exact) mass is 713 g/mol. The average Bonchev–Trinajstić information content (AvgIpc) is 3.55. The van der Waals surface area contributed by atoms with Gasteiger partial charge < -0.3 is 24.4 Å². The number of esters is 2. The number of rotatable bonds is 11. The van der Waals surface area contributed by atoms with E-state index in [0.717, 1.165) is 29.9 Å². The van der Waals surface area contributed by atoms with Gasteiger partial charge in [0.1, 0.15) is 35.4 Å². The second kappa shape index (κ2) is 15.5. The van der Waals surface area contributed by atoms with Gasteiger partial charge in [-0.25, -0.2) is 9.59 Å². The van der Waals surface area contributed by atoms with E-state index >= 15 is 0 Å². The third-order valence-electron chi connectivity index (χ3n) is 8.87. The fourth-order valence-electron chi connectivity index (χ4n) is 6.09. The molecule has 0 aliphatic carbocycles. The first-order valence-electron chi connectivity index (χ1n) is 17.0. The van der Waals surface area contributed by atoms with Crippen LogP contribution in [0, 0.1) is 0 Å². The van der Waals surface area contributed by atoms with Crippen molar-refractivity contribution >= 4 is 39.1 Å². The number of aromatic hydroxyl groups is 2. The van der Waals surface area contributed by atoms with E-state index in [-0.39, 0.29) is 22.8 Å². The summed E-state index contributed by atoms with van der Waals surface area (Å²) in [4.78, 5) is 42.9. The molecule has 2 N–H and O–H groups in total. The highest BCUT2D eigenvalue weighted by Crippen LogP contribution is 2.42. The van der Waals surface area contributed by atoms with Crippen LogP contribution in [0.4, 0.5) is 0 Å². The van der Waals surface area contributed by atoms with E-state index in [1.165, 1.54) is 79.1 Å². The number of likely N-dealkylation sites (tertiary alicyclic amines) is 1. The Morgan fingerprint density at radius 1 is 0.615 bits per heavy atom. The Morgan fingerprint density at radius 2 is 1.15 bits per heavy atom. The smallest absolute Gasteiger partial charge is 0.343 e. The molecule has 0 saturated carbocycles. The van der Waals surface area contributed by atoms with Gasteiger partial charge in [0.05, 0.1) is 11.1 Å². The third-order valence-corrected chi connectivity index (χ3v) is 10.1. The molecular weight excluding hydrogens is 679 g/mol. The molecule has 262 valence electrons. The molecule has 0 atom stereocenters. The molecule has 7 rings (SSSR count). The minimum Gasteiger partial charge on any atom is -0.508 e. The molecule has 9 nitrogen and oxygen atoms in total. The first-order chi connectivity index (χ1) is 25.3. The molecule has 6 aromatic rings. The highest BCUT2D eigenvalue weighted by molar-refractivity contribution is 7.22. The first kappa shape index (κ1) is 34.5. The number of benzene rings is 5. The van der Waals surface area contributed by atoms with Gasteiger partial charge in [0.15, 0.2) is 5.78 Å². The molecule has 10 heteroatoms. The van der Waals surface area contributed by atoms with E-state index in [4.69, 9.17) is 14.2 Å². The fraction of sp³-hybridized carbons (Fsp3) is 0.167. The molecule has 2 heterocycles. The van der Waals surface area contributed by atoms with Crippen LogP contribution in [-0.4, -0.2) is 59.1 Å². The topological polar surface area (TPSA) is 123 Å². The number of piperidine rings is 1. The Balaban J connectivity index is 1.15. The maximum Gasteiger partial charge on any atom is 0.343 e. The Labute approximate surface area is 304 Å². The molecule has 0 amide bonds. The van der Waals surface area contributed by atoms with E-state index in [1.54, 1.807) is 54.6 Å². The fourth-order valence-corrected chi connectivity index (χ4v) is 7.33. The maximum atomic E-state index is 14.3. The lowest BCUT2D eigenvalue weighted by Crippen LogP contribution is -2.33. The predicted octanol–water partition coefficient (Wildman–Crippen LogP) is 8.51. The normalized spacial score (nSPS) is 13.1. The summed E-state index contributed by atoms with van der Waals surface area (Å²) >= 11 is 1.38. The maximum absolute atomic E-state index is 14.3. The van der Waals surface area contributed by atoms with Crippen LogP contribution in [0.5, 0.6) is 28.7 Å². The number of thiophene rings is 1. The van der Waals surface area contributed by atoms with Crippen LogP contribution in [0.25, 0.3) is 20.5 Å². The molecule has 1 aliphatic rings. The van der Waals surface area contributed by atoms with Crippen molar-refractivity contribution in [1.82, 2.24) is 4.90 Å². The lowest BCUT2D eigenvalue weighted by Gasteiger charge is -2.26. The average molecular weight is 714 g/mol. The Morgan fingerprint density at radius 3 is 1.77 bits per heavy atom. The molecular formula is C42H35NO8S. The Hall–Kier alpha value is -5.97. The van der Waals surface area contributed by atoms with Crippen molar-refractivity contribution in [2.75, 3.05) is 26.2 Å². The first-order valence-corrected chi connectivity index (χ1v) is 17.8. The lowest BCUT2D eigenvalue weighted by molar-refractivity contribution is 0.0725. The highest BCUT2D eigenvalue weighted by Gasteiger charge is 2.23. The SMILES string of the molecule is O=C(Oc1ccc(-c2sc3cc(OC(=O)c4ccc(O)cc4)ccc3c2C(=O)c2ccc(OCCN3CCCCC3)cc2)cc1)c1ccc(O)cc1. The standard InChI is InChI=1S/C42H35NO8S/c44-31-12-4-29(5-13-31)41(47)50-34-18-10-28(11-19-34)40-38(39(46)27-8-16-33(17-9-27)49-25-24-43-22-2-1-3-23-43)36-21-20-35(26-37(36)52-40)51-42(48)30-6-14-32(45)15-7-30/h4-21,26,44-45H,1-3,22-25H2. The minimum atomic E-state index is -0.580. The van der Waals surface area contributed by atoms with Crippen LogP contribution >= 0.6 is 11.3 Å². The van der Waals surface area contributed by atoms with Crippen LogP contribution in [0.3, 0.4) is 0 Å². The number of nitrogens with zero attached hydrogens (tertiary/aromatic N) is 1. The largest absolute Gasteiger partial charge is 0.508 e. The van der Waals surface area contributed by atoms with Gasteiger partial charge in [0.25, 0.3) is 0 Å². The zero-order valence-electron chi connectivity index (χ0n) is 28.1. The third kappa shape index (κ3) is 7.99. The second-order valence-electron chi connectivity index (χ2n) is 12.5. The van der Waals surface area contributed by atoms with Crippen molar-refractivity contribution in [1.29, 1.82) is 0 Å². The number of carbonyl (C=O) groups is 3. The summed E-state index contributed by atoms with van der Waals surface area (Å²) in [5, 5.41) is 19.8. The molecule has 1 saturated heterocycles. The van der Waals surface area contributed by atoms with Crippen molar-refractivity contribution in [3.05, 3.63) is 138 Å². The number of hydrogen-bond acceptors (Lipinski definition) is 10. The summed E-state index contributed by atoms with van der Waals surface area (Å²) < 4.78 is 17.9. The van der Waals surface area contributed by atoms with Crippen molar-refractivity contribution in [3.63, 3.8) is 0 Å². The van der Waals surface area contributed by atoms with Crippen molar-refractivity contribution in [2.45, 2.75) is 19.3 Å². The molecule has 0 radical (unpaired) electrons. The van der Waals surface area contributed by atoms with Gasteiger partial charge in [-0.3, -0.25) is 9.69 Å². The lowest BCUT2D eigenvalue weighted by atomic mass is 9.97. The van der Waals surface area contributed by atoms with Crippen molar-refractivity contribution in [3.8, 4) is 39.2 Å². The number of fused-ring (bicyclic) bond motifs is 1. The molecule has 1 aliphatic heterocycles. The van der Waals surface area contributed by atoms with E-state index in [2.05, 4.69) is 4.90 Å². The van der Waals surface area contributed by atoms with E-state index < -0.39 is 11.9 Å². The van der Waals surface area contributed by atoms with Gasteiger partial charge in [-0.1, -0.05) is 6.42 Å². The van der Waals surface area contributed by atoms with Crippen LogP contribution in [0.15, 0.2) is 115 Å². The number of ether oxygens (including phenoxy) is 3. The second-order valence-corrected chi connectivity index (χ2v) is 13.5. The number of phenolic OH excluding ortho intramolecular Hbond substituents is 2. The molecule has 1 fully saturated rings. The summed E-state index contributed by atoms with van der Waals surface area (Å²) in [6.45, 7) is 3.64. The van der Waals surface area contributed by atoms with Crippen LogP contribution in [-0.2, 0) is 0 Å². The molecule has 0 bridgehead atoms. The van der Waals surface area contributed by atoms with Crippen LogP contribution in [0.1, 0.15) is 55.9 Å². The molecule has 0 unspecified atom stereocenters. The van der Waals surface area contributed by atoms with E-state index in [0.29, 0.717) is 50.8 Å². The predicted molar refractivity (Wildman–Crippen MR) is 199 cm³/mol.